The number of carbonyl (C=O) groups is 1. The van der Waals surface area contributed by atoms with Crippen molar-refractivity contribution in [3.8, 4) is 22.3 Å². The van der Waals surface area contributed by atoms with Crippen LogP contribution in [0.3, 0.4) is 0 Å². The van der Waals surface area contributed by atoms with Crippen LogP contribution in [0.2, 0.25) is 0 Å². The third kappa shape index (κ3) is 5.60. The monoisotopic (exact) mass is 544 g/mol. The van der Waals surface area contributed by atoms with E-state index in [1.54, 1.807) is 36.5 Å². The van der Waals surface area contributed by atoms with Crippen molar-refractivity contribution in [3.05, 3.63) is 90.3 Å². The Morgan fingerprint density at radius 3 is 2.52 bits per heavy atom. The van der Waals surface area contributed by atoms with Gasteiger partial charge in [-0.1, -0.05) is 42.5 Å². The summed E-state index contributed by atoms with van der Waals surface area (Å²) in [7, 11) is 0. The summed E-state index contributed by atoms with van der Waals surface area (Å²) >= 11 is 0. The quantitative estimate of drug-likeness (QED) is 0.204. The highest BCUT2D eigenvalue weighted by Gasteiger charge is 2.34. The fourth-order valence-electron chi connectivity index (χ4n) is 4.64. The topological polar surface area (TPSA) is 90.1 Å². The normalized spacial score (nSPS) is 11.8. The van der Waals surface area contributed by atoms with E-state index >= 15 is 0 Å². The van der Waals surface area contributed by atoms with Gasteiger partial charge in [0.1, 0.15) is 5.69 Å². The summed E-state index contributed by atoms with van der Waals surface area (Å²) in [4.78, 5) is 20.7. The summed E-state index contributed by atoms with van der Waals surface area (Å²) < 4.78 is 47.9. The summed E-state index contributed by atoms with van der Waals surface area (Å²) in [5.41, 5.74) is 8.15. The number of fused-ring (bicyclic) bond motifs is 2. The summed E-state index contributed by atoms with van der Waals surface area (Å²) in [5, 5.41) is 4.53. The van der Waals surface area contributed by atoms with E-state index in [1.165, 1.54) is 6.07 Å². The van der Waals surface area contributed by atoms with Crippen molar-refractivity contribution in [1.29, 1.82) is 0 Å². The molecule has 6 nitrogen and oxygen atoms in total. The number of ether oxygens (including phenoxy) is 1. The highest BCUT2D eigenvalue weighted by atomic mass is 19.4. The molecule has 0 saturated carbocycles. The van der Waals surface area contributed by atoms with Crippen molar-refractivity contribution >= 4 is 33.4 Å². The predicted octanol–water partition coefficient (Wildman–Crippen LogP) is 7.07. The molecule has 0 bridgehead atoms. The molecule has 2 heterocycles. The molecular formula is C31H27F3N4O2. The molecule has 0 atom stereocenters. The molecule has 204 valence electrons. The zero-order valence-electron chi connectivity index (χ0n) is 21.9. The number of hydrogen-bond acceptors (Lipinski definition) is 5. The first kappa shape index (κ1) is 27.1. The Morgan fingerprint density at radius 1 is 0.975 bits per heavy atom. The lowest BCUT2D eigenvalue weighted by atomic mass is 9.94. The lowest BCUT2D eigenvalue weighted by molar-refractivity contribution is -0.140. The van der Waals surface area contributed by atoms with Gasteiger partial charge in [0.15, 0.2) is 0 Å². The van der Waals surface area contributed by atoms with E-state index in [0.29, 0.717) is 46.5 Å². The number of anilines is 1. The highest BCUT2D eigenvalue weighted by Crippen LogP contribution is 2.39. The smallest absolute Gasteiger partial charge is 0.382 e. The fraction of sp³-hybridized carbons (Fsp3) is 0.194. The molecule has 0 aliphatic carbocycles. The van der Waals surface area contributed by atoms with Crippen molar-refractivity contribution in [2.24, 2.45) is 5.73 Å². The van der Waals surface area contributed by atoms with Gasteiger partial charge in [0.25, 0.3) is 5.91 Å². The van der Waals surface area contributed by atoms with E-state index in [-0.39, 0.29) is 17.2 Å². The molecule has 0 radical (unpaired) electrons. The SMILES string of the molecule is CC(C)OCCNc1cc(-c2cc(C(F)(F)F)nc3c(-c4cnc5ccccc5c4)cccc23)ccc1C(N)=O. The minimum atomic E-state index is -4.68. The first-order chi connectivity index (χ1) is 19.1. The summed E-state index contributed by atoms with van der Waals surface area (Å²) in [5.74, 6) is -0.652. The standard InChI is InChI=1S/C31H27F3N4O2/c1-18(2)40-13-12-36-27-15-19(10-11-24(27)30(35)39)25-16-28(31(32,33)34)38-29-22(7-5-8-23(25)29)21-14-20-6-3-4-9-26(20)37-17-21/h3-11,14-18,36H,12-13H2,1-2H3,(H2,35,39). The number of carbonyl (C=O) groups excluding carboxylic acids is 1. The molecule has 3 N–H and O–H groups in total. The zero-order chi connectivity index (χ0) is 28.4. The lowest BCUT2D eigenvalue weighted by Crippen LogP contribution is -2.18. The van der Waals surface area contributed by atoms with E-state index < -0.39 is 17.8 Å². The van der Waals surface area contributed by atoms with Gasteiger partial charge in [-0.25, -0.2) is 4.98 Å². The summed E-state index contributed by atoms with van der Waals surface area (Å²) in [6, 6.07) is 20.5. The molecule has 0 fully saturated rings. The number of nitrogens with two attached hydrogens (primary N) is 1. The van der Waals surface area contributed by atoms with Gasteiger partial charge >= 0.3 is 6.18 Å². The van der Waals surface area contributed by atoms with Gasteiger partial charge in [-0.05, 0) is 55.3 Å². The highest BCUT2D eigenvalue weighted by molar-refractivity contribution is 6.05. The van der Waals surface area contributed by atoms with Gasteiger partial charge in [0, 0.05) is 40.3 Å². The first-order valence-corrected chi connectivity index (χ1v) is 12.8. The predicted molar refractivity (Wildman–Crippen MR) is 151 cm³/mol. The van der Waals surface area contributed by atoms with E-state index in [0.717, 1.165) is 17.0 Å². The van der Waals surface area contributed by atoms with Crippen LogP contribution in [0.15, 0.2) is 79.0 Å². The maximum absolute atomic E-state index is 14.1. The number of aromatic nitrogens is 2. The van der Waals surface area contributed by atoms with Crippen LogP contribution >= 0.6 is 0 Å². The third-order valence-corrected chi connectivity index (χ3v) is 6.50. The number of benzene rings is 3. The maximum atomic E-state index is 14.1. The van der Waals surface area contributed by atoms with Crippen molar-refractivity contribution in [3.63, 3.8) is 0 Å². The van der Waals surface area contributed by atoms with Crippen molar-refractivity contribution in [2.75, 3.05) is 18.5 Å². The van der Waals surface area contributed by atoms with Crippen LogP contribution in [0.25, 0.3) is 44.1 Å². The number of amides is 1. The van der Waals surface area contributed by atoms with Crippen molar-refractivity contribution in [1.82, 2.24) is 9.97 Å². The third-order valence-electron chi connectivity index (χ3n) is 6.50. The number of pyridine rings is 2. The average Bonchev–Trinajstić information content (AvgIpc) is 2.93. The molecule has 0 spiro atoms. The van der Waals surface area contributed by atoms with E-state index in [4.69, 9.17) is 10.5 Å². The van der Waals surface area contributed by atoms with Crippen LogP contribution in [0, 0.1) is 0 Å². The number of primary amides is 1. The van der Waals surface area contributed by atoms with Crippen LogP contribution in [-0.4, -0.2) is 35.1 Å². The molecule has 3 aromatic carbocycles. The molecule has 0 saturated heterocycles. The number of nitrogens with one attached hydrogen (secondary N) is 1. The second-order valence-electron chi connectivity index (χ2n) is 9.64. The van der Waals surface area contributed by atoms with Crippen molar-refractivity contribution in [2.45, 2.75) is 26.1 Å². The Morgan fingerprint density at radius 2 is 1.77 bits per heavy atom. The summed E-state index contributed by atoms with van der Waals surface area (Å²) in [6.45, 7) is 4.57. The van der Waals surface area contributed by atoms with Gasteiger partial charge in [0.05, 0.1) is 29.3 Å². The Hall–Kier alpha value is -4.50. The van der Waals surface area contributed by atoms with Crippen LogP contribution in [0.4, 0.5) is 18.9 Å². The number of halogens is 3. The van der Waals surface area contributed by atoms with Gasteiger partial charge in [-0.2, -0.15) is 13.2 Å². The molecule has 0 aliphatic heterocycles. The van der Waals surface area contributed by atoms with E-state index in [1.807, 2.05) is 44.2 Å². The second-order valence-corrected chi connectivity index (χ2v) is 9.64. The van der Waals surface area contributed by atoms with Gasteiger partial charge in [-0.15, -0.1) is 0 Å². The second kappa shape index (κ2) is 10.9. The number of para-hydroxylation sites is 2. The Labute approximate surface area is 229 Å². The molecule has 2 aromatic heterocycles. The molecule has 0 unspecified atom stereocenters. The van der Waals surface area contributed by atoms with Crippen LogP contribution < -0.4 is 11.1 Å². The van der Waals surface area contributed by atoms with Crippen LogP contribution in [0.5, 0.6) is 0 Å². The van der Waals surface area contributed by atoms with E-state index in [9.17, 15) is 18.0 Å². The van der Waals surface area contributed by atoms with Gasteiger partial charge in [-0.3, -0.25) is 9.78 Å². The molecule has 9 heteroatoms. The first-order valence-electron chi connectivity index (χ1n) is 12.8. The Balaban J connectivity index is 1.68. The minimum Gasteiger partial charge on any atom is -0.382 e. The van der Waals surface area contributed by atoms with E-state index in [2.05, 4.69) is 15.3 Å². The molecule has 0 aliphatic rings. The number of nitrogens with zero attached hydrogens (tertiary/aromatic N) is 2. The van der Waals surface area contributed by atoms with Gasteiger partial charge < -0.3 is 15.8 Å². The van der Waals surface area contributed by atoms with Gasteiger partial charge in [0.2, 0.25) is 0 Å². The minimum absolute atomic E-state index is 0.0275. The lowest BCUT2D eigenvalue weighted by Gasteiger charge is -2.17. The number of rotatable bonds is 8. The fourth-order valence-corrected chi connectivity index (χ4v) is 4.64. The molecule has 40 heavy (non-hydrogen) atoms. The molecule has 1 amide bonds. The number of alkyl halides is 3. The van der Waals surface area contributed by atoms with Crippen molar-refractivity contribution < 1.29 is 22.7 Å². The molecule has 5 rings (SSSR count). The number of hydrogen-bond donors (Lipinski definition) is 2. The summed E-state index contributed by atoms with van der Waals surface area (Å²) in [6.07, 6.45) is -3.01. The molecule has 5 aromatic rings. The Bertz CT molecular complexity index is 1720. The van der Waals surface area contributed by atoms with Crippen LogP contribution in [-0.2, 0) is 10.9 Å². The Kier molecular flexibility index (Phi) is 7.40. The van der Waals surface area contributed by atoms with Crippen LogP contribution in [0.1, 0.15) is 29.9 Å². The molecular weight excluding hydrogens is 517 g/mol. The average molecular weight is 545 g/mol. The maximum Gasteiger partial charge on any atom is 0.433 e. The largest absolute Gasteiger partial charge is 0.433 e. The zero-order valence-corrected chi connectivity index (χ0v) is 21.9.